The topological polar surface area (TPSA) is 50.9 Å². The second-order valence-corrected chi connectivity index (χ2v) is 5.16. The molecule has 3 atom stereocenters. The zero-order valence-electron chi connectivity index (χ0n) is 9.02. The van der Waals surface area contributed by atoms with Gasteiger partial charge in [-0.3, -0.25) is 0 Å². The van der Waals surface area contributed by atoms with Crippen LogP contribution in [0.2, 0.25) is 0 Å². The fraction of sp³-hybridized carbons (Fsp3) is 0.800. The van der Waals surface area contributed by atoms with Crippen molar-refractivity contribution in [2.75, 3.05) is 0 Å². The van der Waals surface area contributed by atoms with Crippen LogP contribution in [0.15, 0.2) is 6.20 Å². The largest absolute Gasteiger partial charge is 0.388 e. The Labute approximate surface area is 94.2 Å². The monoisotopic (exact) mass is 229 g/mol. The molecule has 15 heavy (non-hydrogen) atoms. The second kappa shape index (κ2) is 3.76. The lowest BCUT2D eigenvalue weighted by molar-refractivity contribution is 0.0215. The molecule has 0 amide bonds. The van der Waals surface area contributed by atoms with Gasteiger partial charge >= 0.3 is 0 Å². The maximum Gasteiger partial charge on any atom is 0.100 e. The number of hydrogen-bond acceptors (Lipinski definition) is 3. The summed E-state index contributed by atoms with van der Waals surface area (Å²) in [7, 11) is 0. The number of aromatic nitrogens is 3. The molecule has 1 saturated carbocycles. The third-order valence-corrected chi connectivity index (χ3v) is 3.36. The van der Waals surface area contributed by atoms with E-state index in [2.05, 4.69) is 10.3 Å². The van der Waals surface area contributed by atoms with Crippen molar-refractivity contribution in [3.8, 4) is 0 Å². The first-order valence-corrected chi connectivity index (χ1v) is 5.72. The van der Waals surface area contributed by atoms with Gasteiger partial charge in [-0.05, 0) is 33.1 Å². The van der Waals surface area contributed by atoms with E-state index >= 15 is 0 Å². The molecule has 0 spiro atoms. The molecule has 5 heteroatoms. The molecule has 0 radical (unpaired) electrons. The molecule has 84 valence electrons. The minimum absolute atomic E-state index is 0.0363. The molecule has 0 bridgehead atoms. The van der Waals surface area contributed by atoms with Crippen molar-refractivity contribution in [3.63, 3.8) is 0 Å². The summed E-state index contributed by atoms with van der Waals surface area (Å²) in [5.74, 6) is 0. The first-order chi connectivity index (χ1) is 7.00. The molecule has 2 rings (SSSR count). The summed E-state index contributed by atoms with van der Waals surface area (Å²) in [6.07, 6.45) is 4.64. The molecule has 4 nitrogen and oxygen atoms in total. The van der Waals surface area contributed by atoms with E-state index in [1.165, 1.54) is 0 Å². The van der Waals surface area contributed by atoms with E-state index in [1.54, 1.807) is 4.68 Å². The van der Waals surface area contributed by atoms with Gasteiger partial charge in [0.1, 0.15) is 5.69 Å². The maximum absolute atomic E-state index is 10.1. The fourth-order valence-electron chi connectivity index (χ4n) is 2.17. The Hall–Kier alpha value is -0.610. The summed E-state index contributed by atoms with van der Waals surface area (Å²) in [6, 6.07) is 0.0363. The highest BCUT2D eigenvalue weighted by molar-refractivity contribution is 6.20. The van der Waals surface area contributed by atoms with Gasteiger partial charge < -0.3 is 5.11 Å². The molecule has 1 aromatic heterocycles. The summed E-state index contributed by atoms with van der Waals surface area (Å²) in [5.41, 5.74) is 0.0972. The van der Waals surface area contributed by atoms with Crippen LogP contribution in [-0.2, 0) is 0 Å². The van der Waals surface area contributed by atoms with Crippen molar-refractivity contribution < 1.29 is 5.11 Å². The molecule has 1 aliphatic carbocycles. The van der Waals surface area contributed by atoms with Crippen LogP contribution in [0.1, 0.15) is 50.2 Å². The third-order valence-electron chi connectivity index (χ3n) is 3.13. The third kappa shape index (κ3) is 2.01. The van der Waals surface area contributed by atoms with E-state index in [9.17, 15) is 5.11 Å². The Kier molecular flexibility index (Phi) is 2.73. The lowest BCUT2D eigenvalue weighted by atomic mass is 10.0. The van der Waals surface area contributed by atoms with E-state index in [0.29, 0.717) is 0 Å². The Morgan fingerprint density at radius 1 is 1.73 bits per heavy atom. The average Bonchev–Trinajstić information content (AvgIpc) is 2.69. The smallest absolute Gasteiger partial charge is 0.100 e. The van der Waals surface area contributed by atoms with Crippen LogP contribution < -0.4 is 0 Å². The van der Waals surface area contributed by atoms with Crippen LogP contribution >= 0.6 is 11.6 Å². The van der Waals surface area contributed by atoms with Crippen LogP contribution in [0, 0.1) is 0 Å². The van der Waals surface area contributed by atoms with Crippen LogP contribution in [0.4, 0.5) is 0 Å². The Bertz CT molecular complexity index is 348. The highest BCUT2D eigenvalue weighted by Gasteiger charge is 2.38. The van der Waals surface area contributed by atoms with Crippen LogP contribution in [0.5, 0.6) is 0 Å². The van der Waals surface area contributed by atoms with Gasteiger partial charge in [0.15, 0.2) is 0 Å². The van der Waals surface area contributed by atoms with Gasteiger partial charge in [-0.2, -0.15) is 0 Å². The molecule has 0 aromatic carbocycles. The zero-order chi connectivity index (χ0) is 11.1. The highest BCUT2D eigenvalue weighted by Crippen LogP contribution is 2.38. The number of halogens is 1. The van der Waals surface area contributed by atoms with Gasteiger partial charge in [0, 0.05) is 0 Å². The molecule has 1 aromatic rings. The van der Waals surface area contributed by atoms with Gasteiger partial charge in [0.2, 0.25) is 0 Å². The van der Waals surface area contributed by atoms with Crippen molar-refractivity contribution in [1.29, 1.82) is 0 Å². The van der Waals surface area contributed by atoms with E-state index in [4.69, 9.17) is 11.6 Å². The standard InChI is InChI=1S/C10H16ClN3O/c1-7(11)8-6-14(13-12-8)9-4-3-5-10(9,2)15/h6-7,9,15H,3-5H2,1-2H3. The predicted octanol–water partition coefficient (Wildman–Crippen LogP) is 2.05. The lowest BCUT2D eigenvalue weighted by Gasteiger charge is -2.25. The first-order valence-electron chi connectivity index (χ1n) is 5.29. The quantitative estimate of drug-likeness (QED) is 0.790. The Balaban J connectivity index is 2.22. The molecular formula is C10H16ClN3O. The SMILES string of the molecule is CC(Cl)c1cn(C2CCCC2(C)O)nn1. The van der Waals surface area contributed by atoms with Gasteiger partial charge in [0.25, 0.3) is 0 Å². The molecule has 1 N–H and O–H groups in total. The van der Waals surface area contributed by atoms with Gasteiger partial charge in [0.05, 0.1) is 23.2 Å². The van der Waals surface area contributed by atoms with E-state index < -0.39 is 5.60 Å². The summed E-state index contributed by atoms with van der Waals surface area (Å²) in [6.45, 7) is 3.72. The molecular weight excluding hydrogens is 214 g/mol. The van der Waals surface area contributed by atoms with E-state index in [-0.39, 0.29) is 11.4 Å². The van der Waals surface area contributed by atoms with Gasteiger partial charge in [-0.15, -0.1) is 16.7 Å². The van der Waals surface area contributed by atoms with Gasteiger partial charge in [-0.25, -0.2) is 4.68 Å². The van der Waals surface area contributed by atoms with Gasteiger partial charge in [-0.1, -0.05) is 5.21 Å². The normalized spacial score (nSPS) is 33.2. The van der Waals surface area contributed by atoms with Crippen LogP contribution in [0.3, 0.4) is 0 Å². The van der Waals surface area contributed by atoms with Crippen LogP contribution in [0.25, 0.3) is 0 Å². The molecule has 1 aliphatic rings. The molecule has 1 fully saturated rings. The Morgan fingerprint density at radius 3 is 2.93 bits per heavy atom. The maximum atomic E-state index is 10.1. The average molecular weight is 230 g/mol. The molecule has 0 saturated heterocycles. The van der Waals surface area contributed by atoms with E-state index in [1.807, 2.05) is 20.0 Å². The predicted molar refractivity (Wildman–Crippen MR) is 57.8 cm³/mol. The number of hydrogen-bond donors (Lipinski definition) is 1. The summed E-state index contributed by atoms with van der Waals surface area (Å²) < 4.78 is 1.75. The van der Waals surface area contributed by atoms with Crippen molar-refractivity contribution in [2.45, 2.75) is 50.1 Å². The minimum atomic E-state index is -0.666. The van der Waals surface area contributed by atoms with Crippen molar-refractivity contribution in [1.82, 2.24) is 15.0 Å². The number of alkyl halides is 1. The summed E-state index contributed by atoms with van der Waals surface area (Å²) in [5, 5.41) is 18.0. The van der Waals surface area contributed by atoms with Crippen molar-refractivity contribution >= 4 is 11.6 Å². The zero-order valence-corrected chi connectivity index (χ0v) is 9.78. The molecule has 1 heterocycles. The highest BCUT2D eigenvalue weighted by atomic mass is 35.5. The summed E-state index contributed by atoms with van der Waals surface area (Å²) >= 11 is 5.92. The van der Waals surface area contributed by atoms with Crippen LogP contribution in [-0.4, -0.2) is 25.7 Å². The number of nitrogens with zero attached hydrogens (tertiary/aromatic N) is 3. The molecule has 3 unspecified atom stereocenters. The molecule has 0 aliphatic heterocycles. The summed E-state index contributed by atoms with van der Waals surface area (Å²) in [4.78, 5) is 0. The fourth-order valence-corrected chi connectivity index (χ4v) is 2.27. The Morgan fingerprint density at radius 2 is 2.47 bits per heavy atom. The van der Waals surface area contributed by atoms with Crippen molar-refractivity contribution in [3.05, 3.63) is 11.9 Å². The second-order valence-electron chi connectivity index (χ2n) is 4.50. The minimum Gasteiger partial charge on any atom is -0.388 e. The first kappa shape index (κ1) is 10.9. The van der Waals surface area contributed by atoms with Crippen molar-refractivity contribution in [2.24, 2.45) is 0 Å². The lowest BCUT2D eigenvalue weighted by Crippen LogP contribution is -2.31. The number of aliphatic hydroxyl groups is 1. The number of rotatable bonds is 2. The van der Waals surface area contributed by atoms with E-state index in [0.717, 1.165) is 25.0 Å².